The molecular formula is C23H28ClN3O3S. The Kier molecular flexibility index (Phi) is 6.55. The van der Waals surface area contributed by atoms with E-state index in [1.54, 1.807) is 18.0 Å². The molecule has 8 heteroatoms. The number of halogens is 1. The maximum Gasteiger partial charge on any atom is 0.253 e. The Morgan fingerprint density at radius 1 is 1.00 bits per heavy atom. The zero-order valence-electron chi connectivity index (χ0n) is 17.8. The zero-order chi connectivity index (χ0) is 22.0. The van der Waals surface area contributed by atoms with Gasteiger partial charge in [0, 0.05) is 51.0 Å². The molecule has 0 radical (unpaired) electrons. The van der Waals surface area contributed by atoms with Crippen molar-refractivity contribution in [2.45, 2.75) is 37.1 Å². The van der Waals surface area contributed by atoms with Crippen LogP contribution in [0.3, 0.4) is 0 Å². The zero-order valence-corrected chi connectivity index (χ0v) is 19.3. The average Bonchev–Trinajstić information content (AvgIpc) is 3.48. The first kappa shape index (κ1) is 22.1. The van der Waals surface area contributed by atoms with Gasteiger partial charge in [0.05, 0.1) is 5.02 Å². The van der Waals surface area contributed by atoms with E-state index in [2.05, 4.69) is 11.0 Å². The van der Waals surface area contributed by atoms with Crippen LogP contribution in [0.25, 0.3) is 0 Å². The maximum atomic E-state index is 13.2. The van der Waals surface area contributed by atoms with E-state index in [0.29, 0.717) is 25.2 Å². The van der Waals surface area contributed by atoms with Gasteiger partial charge >= 0.3 is 0 Å². The molecule has 31 heavy (non-hydrogen) atoms. The molecule has 2 fully saturated rings. The van der Waals surface area contributed by atoms with Crippen LogP contribution in [0.5, 0.6) is 0 Å². The van der Waals surface area contributed by atoms with E-state index in [-0.39, 0.29) is 15.8 Å². The van der Waals surface area contributed by atoms with Gasteiger partial charge in [0.2, 0.25) is 10.0 Å². The third kappa shape index (κ3) is 4.59. The van der Waals surface area contributed by atoms with Gasteiger partial charge in [-0.15, -0.1) is 0 Å². The summed E-state index contributed by atoms with van der Waals surface area (Å²) in [5, 5.41) is 0.144. The van der Waals surface area contributed by atoms with Crippen molar-refractivity contribution < 1.29 is 13.2 Å². The normalized spacial score (nSPS) is 17.3. The quantitative estimate of drug-likeness (QED) is 0.652. The number of benzene rings is 2. The van der Waals surface area contributed by atoms with Crippen LogP contribution >= 0.6 is 11.6 Å². The lowest BCUT2D eigenvalue weighted by Crippen LogP contribution is -2.30. The van der Waals surface area contributed by atoms with Crippen LogP contribution in [0, 0.1) is 0 Å². The second-order valence-corrected chi connectivity index (χ2v) is 10.6. The van der Waals surface area contributed by atoms with Crippen LogP contribution in [0.1, 0.15) is 41.6 Å². The van der Waals surface area contributed by atoms with Crippen LogP contribution in [-0.2, 0) is 16.6 Å². The van der Waals surface area contributed by atoms with Crippen LogP contribution in [0.15, 0.2) is 47.4 Å². The Morgan fingerprint density at radius 3 is 2.35 bits per heavy atom. The van der Waals surface area contributed by atoms with Gasteiger partial charge in [-0.2, -0.15) is 4.31 Å². The first-order chi connectivity index (χ1) is 14.9. The number of carbonyl (C=O) groups excluding carboxylic acids is 1. The molecule has 4 rings (SSSR count). The fraction of sp³-hybridized carbons (Fsp3) is 0.435. The van der Waals surface area contributed by atoms with E-state index < -0.39 is 10.0 Å². The van der Waals surface area contributed by atoms with Gasteiger partial charge in [-0.05, 0) is 55.5 Å². The number of rotatable bonds is 6. The summed E-state index contributed by atoms with van der Waals surface area (Å²) in [4.78, 5) is 17.1. The minimum Gasteiger partial charge on any atom is -0.371 e. The second kappa shape index (κ2) is 9.18. The van der Waals surface area contributed by atoms with Crippen LogP contribution in [-0.4, -0.2) is 56.8 Å². The number of sulfonamides is 1. The molecular weight excluding hydrogens is 434 g/mol. The molecule has 0 bridgehead atoms. The van der Waals surface area contributed by atoms with Gasteiger partial charge in [0.1, 0.15) is 4.90 Å². The molecule has 0 atom stereocenters. The number of hydrogen-bond donors (Lipinski definition) is 0. The van der Waals surface area contributed by atoms with Crippen molar-refractivity contribution in [2.24, 2.45) is 0 Å². The lowest BCUT2D eigenvalue weighted by molar-refractivity contribution is 0.0785. The van der Waals surface area contributed by atoms with Gasteiger partial charge in [-0.25, -0.2) is 8.42 Å². The maximum absolute atomic E-state index is 13.2. The molecule has 0 aromatic heterocycles. The lowest BCUT2D eigenvalue weighted by atomic mass is 10.1. The molecule has 0 spiro atoms. The SMILES string of the molecule is CN(Cc1ccccc1N1CCCC1)C(=O)c1ccc(Cl)c(S(=O)(=O)N2CCCC2)c1. The predicted molar refractivity (Wildman–Crippen MR) is 123 cm³/mol. The average molecular weight is 462 g/mol. The standard InChI is InChI=1S/C23H28ClN3O3S/c1-25(17-19-8-2-3-9-21(19)26-12-4-5-13-26)23(28)18-10-11-20(24)22(16-18)31(29,30)27-14-6-7-15-27/h2-3,8-11,16H,4-7,12-15,17H2,1H3. The molecule has 2 aromatic rings. The predicted octanol–water partition coefficient (Wildman–Crippen LogP) is 4.00. The highest BCUT2D eigenvalue weighted by atomic mass is 35.5. The topological polar surface area (TPSA) is 60.9 Å². The molecule has 166 valence electrons. The van der Waals surface area contributed by atoms with Gasteiger partial charge in [-0.1, -0.05) is 29.8 Å². The van der Waals surface area contributed by atoms with E-state index in [9.17, 15) is 13.2 Å². The van der Waals surface area contributed by atoms with E-state index in [0.717, 1.165) is 37.2 Å². The first-order valence-corrected chi connectivity index (χ1v) is 12.6. The van der Waals surface area contributed by atoms with Crippen molar-refractivity contribution in [1.29, 1.82) is 0 Å². The summed E-state index contributed by atoms with van der Waals surface area (Å²) >= 11 is 6.23. The highest BCUT2D eigenvalue weighted by molar-refractivity contribution is 7.89. The van der Waals surface area contributed by atoms with Gasteiger partial charge < -0.3 is 9.80 Å². The molecule has 1 amide bonds. The van der Waals surface area contributed by atoms with E-state index in [1.165, 1.54) is 29.3 Å². The van der Waals surface area contributed by atoms with Gasteiger partial charge in [-0.3, -0.25) is 4.79 Å². The largest absolute Gasteiger partial charge is 0.371 e. The van der Waals surface area contributed by atoms with Crippen LogP contribution in [0.4, 0.5) is 5.69 Å². The van der Waals surface area contributed by atoms with Crippen molar-refractivity contribution in [3.8, 4) is 0 Å². The molecule has 2 aromatic carbocycles. The molecule has 2 heterocycles. The van der Waals surface area contributed by atoms with Crippen molar-refractivity contribution in [2.75, 3.05) is 38.1 Å². The summed E-state index contributed by atoms with van der Waals surface area (Å²) in [7, 11) is -1.96. The molecule has 0 aliphatic carbocycles. The fourth-order valence-electron chi connectivity index (χ4n) is 4.36. The van der Waals surface area contributed by atoms with Gasteiger partial charge in [0.25, 0.3) is 5.91 Å². The number of nitrogens with zero attached hydrogens (tertiary/aromatic N) is 3. The summed E-state index contributed by atoms with van der Waals surface area (Å²) in [6.07, 6.45) is 4.05. The van der Waals surface area contributed by atoms with Crippen molar-refractivity contribution >= 4 is 33.2 Å². The van der Waals surface area contributed by atoms with E-state index >= 15 is 0 Å². The molecule has 2 aliphatic heterocycles. The first-order valence-electron chi connectivity index (χ1n) is 10.8. The highest BCUT2D eigenvalue weighted by Gasteiger charge is 2.30. The van der Waals surface area contributed by atoms with Crippen molar-refractivity contribution in [3.05, 3.63) is 58.6 Å². The van der Waals surface area contributed by atoms with E-state index in [1.807, 2.05) is 18.2 Å². The molecule has 0 saturated carbocycles. The van der Waals surface area contributed by atoms with Crippen molar-refractivity contribution in [1.82, 2.24) is 9.21 Å². The summed E-state index contributed by atoms with van der Waals surface area (Å²) in [5.74, 6) is -0.231. The minimum absolute atomic E-state index is 0.00721. The molecule has 0 unspecified atom stereocenters. The Labute approximate surface area is 189 Å². The third-order valence-electron chi connectivity index (χ3n) is 6.05. The molecule has 0 N–H and O–H groups in total. The fourth-order valence-corrected chi connectivity index (χ4v) is 6.38. The van der Waals surface area contributed by atoms with Gasteiger partial charge in [0.15, 0.2) is 0 Å². The Hall–Kier alpha value is -2.09. The Balaban J connectivity index is 1.56. The number of hydrogen-bond acceptors (Lipinski definition) is 4. The number of carbonyl (C=O) groups is 1. The number of para-hydroxylation sites is 1. The van der Waals surface area contributed by atoms with Crippen LogP contribution < -0.4 is 4.90 Å². The summed E-state index contributed by atoms with van der Waals surface area (Å²) in [6.45, 7) is 3.49. The number of amides is 1. The Morgan fingerprint density at radius 2 is 1.65 bits per heavy atom. The Bertz CT molecular complexity index is 1060. The third-order valence-corrected chi connectivity index (χ3v) is 8.43. The summed E-state index contributed by atoms with van der Waals surface area (Å²) in [6, 6.07) is 12.7. The summed E-state index contributed by atoms with van der Waals surface area (Å²) < 4.78 is 27.4. The summed E-state index contributed by atoms with van der Waals surface area (Å²) in [5.41, 5.74) is 2.57. The highest BCUT2D eigenvalue weighted by Crippen LogP contribution is 2.29. The minimum atomic E-state index is -3.70. The smallest absolute Gasteiger partial charge is 0.253 e. The van der Waals surface area contributed by atoms with Crippen molar-refractivity contribution in [3.63, 3.8) is 0 Å². The second-order valence-electron chi connectivity index (χ2n) is 8.24. The molecule has 2 saturated heterocycles. The van der Waals surface area contributed by atoms with E-state index in [4.69, 9.17) is 11.6 Å². The van der Waals surface area contributed by atoms with Crippen LogP contribution in [0.2, 0.25) is 5.02 Å². The monoisotopic (exact) mass is 461 g/mol. The molecule has 2 aliphatic rings. The number of anilines is 1. The molecule has 6 nitrogen and oxygen atoms in total. The lowest BCUT2D eigenvalue weighted by Gasteiger charge is -2.25.